The predicted molar refractivity (Wildman–Crippen MR) is 79.1 cm³/mol. The van der Waals surface area contributed by atoms with Crippen molar-refractivity contribution in [2.45, 2.75) is 52.1 Å². The van der Waals surface area contributed by atoms with Crippen LogP contribution in [-0.2, 0) is 6.54 Å². The Morgan fingerprint density at radius 1 is 1.32 bits per heavy atom. The SMILES string of the molecule is CCNCc1cccc(F)c1N1CCCCC1CC. The van der Waals surface area contributed by atoms with Crippen LogP contribution in [0, 0.1) is 5.82 Å². The quantitative estimate of drug-likeness (QED) is 0.872. The zero-order valence-electron chi connectivity index (χ0n) is 12.1. The topological polar surface area (TPSA) is 15.3 Å². The van der Waals surface area contributed by atoms with Crippen LogP contribution in [0.3, 0.4) is 0 Å². The number of hydrogen-bond acceptors (Lipinski definition) is 2. The molecule has 1 saturated heterocycles. The third-order valence-corrected chi connectivity index (χ3v) is 4.02. The van der Waals surface area contributed by atoms with Crippen LogP contribution in [0.2, 0.25) is 0 Å². The highest BCUT2D eigenvalue weighted by Gasteiger charge is 2.25. The average molecular weight is 264 g/mol. The fourth-order valence-corrected chi connectivity index (χ4v) is 3.00. The Balaban J connectivity index is 2.30. The molecule has 0 spiro atoms. The monoisotopic (exact) mass is 264 g/mol. The van der Waals surface area contributed by atoms with E-state index in [1.807, 2.05) is 12.1 Å². The summed E-state index contributed by atoms with van der Waals surface area (Å²) in [5.74, 6) is -0.0734. The van der Waals surface area contributed by atoms with Gasteiger partial charge in [0.25, 0.3) is 0 Å². The third-order valence-electron chi connectivity index (χ3n) is 4.02. The second-order valence-corrected chi connectivity index (χ2v) is 5.28. The molecule has 3 heteroatoms. The second-order valence-electron chi connectivity index (χ2n) is 5.28. The number of piperidine rings is 1. The number of halogens is 1. The summed E-state index contributed by atoms with van der Waals surface area (Å²) in [6.45, 7) is 6.92. The maximum Gasteiger partial charge on any atom is 0.146 e. The summed E-state index contributed by atoms with van der Waals surface area (Å²) in [5, 5.41) is 3.31. The molecular formula is C16H25FN2. The van der Waals surface area contributed by atoms with Gasteiger partial charge in [-0.3, -0.25) is 0 Å². The van der Waals surface area contributed by atoms with Gasteiger partial charge in [-0.15, -0.1) is 0 Å². The van der Waals surface area contributed by atoms with Crippen molar-refractivity contribution >= 4 is 5.69 Å². The standard InChI is InChI=1S/C16H25FN2/c1-3-14-9-5-6-11-19(14)16-13(12-18-4-2)8-7-10-15(16)17/h7-8,10,14,18H,3-6,9,11-12H2,1-2H3. The van der Waals surface area contributed by atoms with Gasteiger partial charge in [-0.1, -0.05) is 26.0 Å². The normalized spacial score (nSPS) is 19.7. The summed E-state index contributed by atoms with van der Waals surface area (Å²) < 4.78 is 14.3. The summed E-state index contributed by atoms with van der Waals surface area (Å²) in [6, 6.07) is 5.94. The first-order chi connectivity index (χ1) is 9.27. The second kappa shape index (κ2) is 6.90. The van der Waals surface area contributed by atoms with Crippen molar-refractivity contribution in [3.05, 3.63) is 29.6 Å². The van der Waals surface area contributed by atoms with Crippen molar-refractivity contribution in [1.82, 2.24) is 5.32 Å². The summed E-state index contributed by atoms with van der Waals surface area (Å²) in [6.07, 6.45) is 4.72. The molecule has 1 N–H and O–H groups in total. The first-order valence-corrected chi connectivity index (χ1v) is 7.52. The first kappa shape index (κ1) is 14.3. The molecule has 0 aliphatic carbocycles. The van der Waals surface area contributed by atoms with Crippen LogP contribution in [0.1, 0.15) is 45.1 Å². The lowest BCUT2D eigenvalue weighted by atomic mass is 9.97. The minimum Gasteiger partial charge on any atom is -0.366 e. The van der Waals surface area contributed by atoms with E-state index < -0.39 is 0 Å². The Labute approximate surface area is 116 Å². The van der Waals surface area contributed by atoms with Crippen LogP contribution in [0.4, 0.5) is 10.1 Å². The molecule has 106 valence electrons. The number of hydrogen-bond donors (Lipinski definition) is 1. The van der Waals surface area contributed by atoms with Crippen molar-refractivity contribution in [1.29, 1.82) is 0 Å². The summed E-state index contributed by atoms with van der Waals surface area (Å²) in [4.78, 5) is 2.30. The minimum atomic E-state index is -0.0734. The van der Waals surface area contributed by atoms with E-state index >= 15 is 0 Å². The lowest BCUT2D eigenvalue weighted by molar-refractivity contribution is 0.441. The van der Waals surface area contributed by atoms with E-state index in [4.69, 9.17) is 0 Å². The molecule has 2 rings (SSSR count). The van der Waals surface area contributed by atoms with Gasteiger partial charge in [0.1, 0.15) is 5.82 Å². The highest BCUT2D eigenvalue weighted by atomic mass is 19.1. The first-order valence-electron chi connectivity index (χ1n) is 7.52. The molecule has 0 aromatic heterocycles. The van der Waals surface area contributed by atoms with Crippen LogP contribution in [0.15, 0.2) is 18.2 Å². The van der Waals surface area contributed by atoms with Crippen LogP contribution in [0.5, 0.6) is 0 Å². The van der Waals surface area contributed by atoms with Crippen molar-refractivity contribution in [2.24, 2.45) is 0 Å². The summed E-state index contributed by atoms with van der Waals surface area (Å²) >= 11 is 0. The Bertz CT molecular complexity index is 406. The fourth-order valence-electron chi connectivity index (χ4n) is 3.00. The predicted octanol–water partition coefficient (Wildman–Crippen LogP) is 3.70. The maximum atomic E-state index is 14.3. The van der Waals surface area contributed by atoms with Gasteiger partial charge in [0.05, 0.1) is 5.69 Å². The van der Waals surface area contributed by atoms with Gasteiger partial charge >= 0.3 is 0 Å². The molecule has 0 radical (unpaired) electrons. The number of benzene rings is 1. The molecule has 1 unspecified atom stereocenters. The molecule has 1 atom stereocenters. The van der Waals surface area contributed by atoms with E-state index in [1.54, 1.807) is 6.07 Å². The Kier molecular flexibility index (Phi) is 5.20. The van der Waals surface area contributed by atoms with Crippen molar-refractivity contribution in [2.75, 3.05) is 18.0 Å². The molecule has 1 aromatic carbocycles. The number of nitrogens with zero attached hydrogens (tertiary/aromatic N) is 1. The molecule has 1 aromatic rings. The number of para-hydroxylation sites is 1. The molecule has 1 heterocycles. The molecular weight excluding hydrogens is 239 g/mol. The van der Waals surface area contributed by atoms with Gasteiger partial charge in [0.15, 0.2) is 0 Å². The molecule has 1 fully saturated rings. The van der Waals surface area contributed by atoms with E-state index in [1.165, 1.54) is 19.3 Å². The zero-order valence-corrected chi connectivity index (χ0v) is 12.1. The summed E-state index contributed by atoms with van der Waals surface area (Å²) in [5.41, 5.74) is 1.91. The fraction of sp³-hybridized carbons (Fsp3) is 0.625. The van der Waals surface area contributed by atoms with Gasteiger partial charge in [0, 0.05) is 19.1 Å². The van der Waals surface area contributed by atoms with Crippen LogP contribution in [0.25, 0.3) is 0 Å². The number of rotatable bonds is 5. The van der Waals surface area contributed by atoms with Gasteiger partial charge in [0.2, 0.25) is 0 Å². The summed E-state index contributed by atoms with van der Waals surface area (Å²) in [7, 11) is 0. The van der Waals surface area contributed by atoms with Gasteiger partial charge in [-0.2, -0.15) is 0 Å². The Hall–Kier alpha value is -1.09. The molecule has 19 heavy (non-hydrogen) atoms. The van der Waals surface area contributed by atoms with Crippen molar-refractivity contribution < 1.29 is 4.39 Å². The van der Waals surface area contributed by atoms with Gasteiger partial charge < -0.3 is 10.2 Å². The molecule has 2 nitrogen and oxygen atoms in total. The minimum absolute atomic E-state index is 0.0734. The van der Waals surface area contributed by atoms with Crippen LogP contribution in [-0.4, -0.2) is 19.1 Å². The lowest BCUT2D eigenvalue weighted by Gasteiger charge is -2.38. The molecule has 0 amide bonds. The van der Waals surface area contributed by atoms with Crippen molar-refractivity contribution in [3.8, 4) is 0 Å². The average Bonchev–Trinajstić information content (AvgIpc) is 2.45. The maximum absolute atomic E-state index is 14.3. The zero-order chi connectivity index (χ0) is 13.7. The van der Waals surface area contributed by atoms with E-state index in [0.29, 0.717) is 6.04 Å². The van der Waals surface area contributed by atoms with Gasteiger partial charge in [-0.25, -0.2) is 4.39 Å². The highest BCUT2D eigenvalue weighted by Crippen LogP contribution is 2.31. The smallest absolute Gasteiger partial charge is 0.146 e. The third kappa shape index (κ3) is 3.27. The largest absolute Gasteiger partial charge is 0.366 e. The number of nitrogens with one attached hydrogen (secondary N) is 1. The lowest BCUT2D eigenvalue weighted by Crippen LogP contribution is -2.40. The van der Waals surface area contributed by atoms with E-state index in [-0.39, 0.29) is 5.82 Å². The van der Waals surface area contributed by atoms with Gasteiger partial charge in [-0.05, 0) is 43.9 Å². The highest BCUT2D eigenvalue weighted by molar-refractivity contribution is 5.56. The molecule has 1 aliphatic heterocycles. The van der Waals surface area contributed by atoms with E-state index in [9.17, 15) is 4.39 Å². The van der Waals surface area contributed by atoms with E-state index in [0.717, 1.165) is 37.3 Å². The Morgan fingerprint density at radius 3 is 2.89 bits per heavy atom. The molecule has 0 bridgehead atoms. The van der Waals surface area contributed by atoms with Crippen LogP contribution >= 0.6 is 0 Å². The molecule has 0 saturated carbocycles. The van der Waals surface area contributed by atoms with E-state index in [2.05, 4.69) is 24.1 Å². The van der Waals surface area contributed by atoms with Crippen molar-refractivity contribution in [3.63, 3.8) is 0 Å². The van der Waals surface area contributed by atoms with Crippen LogP contribution < -0.4 is 10.2 Å². The number of anilines is 1. The molecule has 1 aliphatic rings. The Morgan fingerprint density at radius 2 is 2.16 bits per heavy atom.